The quantitative estimate of drug-likeness (QED) is 0.405. The lowest BCUT2D eigenvalue weighted by Gasteiger charge is -2.17. The van der Waals surface area contributed by atoms with Gasteiger partial charge < -0.3 is 24.1 Å². The van der Waals surface area contributed by atoms with Gasteiger partial charge in [-0.05, 0) is 0 Å². The summed E-state index contributed by atoms with van der Waals surface area (Å²) in [6, 6.07) is 0. The van der Waals surface area contributed by atoms with Gasteiger partial charge in [-0.1, -0.05) is 0 Å². The van der Waals surface area contributed by atoms with Crippen LogP contribution in [0.1, 0.15) is 6.42 Å². The summed E-state index contributed by atoms with van der Waals surface area (Å²) < 4.78 is 20.3. The molecular formula is C9H20O5. The Morgan fingerprint density at radius 3 is 1.79 bits per heavy atom. The normalized spacial score (nSPS) is 11.1. The van der Waals surface area contributed by atoms with Crippen molar-refractivity contribution in [2.45, 2.75) is 12.7 Å². The highest BCUT2D eigenvalue weighted by Crippen LogP contribution is 2.00. The van der Waals surface area contributed by atoms with Crippen molar-refractivity contribution in [3.8, 4) is 0 Å². The molecule has 0 atom stereocenters. The molecular weight excluding hydrogens is 188 g/mol. The van der Waals surface area contributed by atoms with E-state index in [0.29, 0.717) is 32.8 Å². The second-order valence-corrected chi connectivity index (χ2v) is 2.67. The SMILES string of the molecule is COCCOC(CCO)OCCOC. The molecule has 0 heterocycles. The van der Waals surface area contributed by atoms with Crippen LogP contribution in [0.2, 0.25) is 0 Å². The van der Waals surface area contributed by atoms with E-state index in [-0.39, 0.29) is 12.9 Å². The summed E-state index contributed by atoms with van der Waals surface area (Å²) in [5, 5.41) is 8.73. The topological polar surface area (TPSA) is 57.2 Å². The molecule has 0 aliphatic rings. The summed E-state index contributed by atoms with van der Waals surface area (Å²) in [7, 11) is 3.21. The van der Waals surface area contributed by atoms with E-state index >= 15 is 0 Å². The largest absolute Gasteiger partial charge is 0.396 e. The molecule has 0 aromatic heterocycles. The van der Waals surface area contributed by atoms with Gasteiger partial charge in [0.15, 0.2) is 6.29 Å². The molecule has 86 valence electrons. The number of methoxy groups -OCH3 is 2. The number of hydrogen-bond donors (Lipinski definition) is 1. The zero-order valence-corrected chi connectivity index (χ0v) is 8.90. The maximum atomic E-state index is 8.73. The summed E-state index contributed by atoms with van der Waals surface area (Å²) in [5.41, 5.74) is 0. The molecule has 0 aromatic carbocycles. The Morgan fingerprint density at radius 1 is 0.929 bits per heavy atom. The van der Waals surface area contributed by atoms with Gasteiger partial charge in [0.2, 0.25) is 0 Å². The predicted octanol–water partition coefficient (Wildman–Crippen LogP) is 0.0209. The number of aliphatic hydroxyl groups is 1. The van der Waals surface area contributed by atoms with Crippen molar-refractivity contribution in [3.05, 3.63) is 0 Å². The Kier molecular flexibility index (Phi) is 10.7. The van der Waals surface area contributed by atoms with E-state index in [1.54, 1.807) is 14.2 Å². The first-order chi connectivity index (χ1) is 6.85. The van der Waals surface area contributed by atoms with Gasteiger partial charge in [-0.25, -0.2) is 0 Å². The molecule has 14 heavy (non-hydrogen) atoms. The summed E-state index contributed by atoms with van der Waals surface area (Å²) >= 11 is 0. The molecule has 0 saturated heterocycles. The van der Waals surface area contributed by atoms with Crippen LogP contribution in [0.4, 0.5) is 0 Å². The van der Waals surface area contributed by atoms with Gasteiger partial charge >= 0.3 is 0 Å². The number of rotatable bonds is 10. The smallest absolute Gasteiger partial charge is 0.159 e. The van der Waals surface area contributed by atoms with Gasteiger partial charge in [-0.2, -0.15) is 0 Å². The van der Waals surface area contributed by atoms with Crippen LogP contribution in [0, 0.1) is 0 Å². The maximum Gasteiger partial charge on any atom is 0.159 e. The maximum absolute atomic E-state index is 8.73. The van der Waals surface area contributed by atoms with Crippen LogP contribution in [0.3, 0.4) is 0 Å². The lowest BCUT2D eigenvalue weighted by Crippen LogP contribution is -2.22. The average molecular weight is 208 g/mol. The first-order valence-electron chi connectivity index (χ1n) is 4.67. The zero-order chi connectivity index (χ0) is 10.6. The van der Waals surface area contributed by atoms with Crippen LogP contribution in [-0.4, -0.2) is 58.7 Å². The van der Waals surface area contributed by atoms with Crippen LogP contribution >= 0.6 is 0 Å². The molecule has 5 nitrogen and oxygen atoms in total. The fourth-order valence-corrected chi connectivity index (χ4v) is 0.846. The Bertz CT molecular complexity index is 99.4. The summed E-state index contributed by atoms with van der Waals surface area (Å²) in [6.45, 7) is 2.03. The Balaban J connectivity index is 3.44. The molecule has 0 radical (unpaired) electrons. The molecule has 0 aliphatic carbocycles. The van der Waals surface area contributed by atoms with Crippen LogP contribution in [0.5, 0.6) is 0 Å². The molecule has 0 aliphatic heterocycles. The third-order valence-corrected chi connectivity index (χ3v) is 1.55. The third-order valence-electron chi connectivity index (χ3n) is 1.55. The molecule has 1 N–H and O–H groups in total. The molecule has 0 spiro atoms. The Morgan fingerprint density at radius 2 is 1.43 bits per heavy atom. The lowest BCUT2D eigenvalue weighted by atomic mass is 10.4. The van der Waals surface area contributed by atoms with Gasteiger partial charge in [-0.15, -0.1) is 0 Å². The first-order valence-corrected chi connectivity index (χ1v) is 4.67. The molecule has 0 bridgehead atoms. The molecule has 0 amide bonds. The standard InChI is InChI=1S/C9H20O5/c1-11-5-7-13-9(3-4-10)14-8-6-12-2/h9-10H,3-8H2,1-2H3. The second kappa shape index (κ2) is 10.9. The van der Waals surface area contributed by atoms with Crippen molar-refractivity contribution in [1.29, 1.82) is 0 Å². The van der Waals surface area contributed by atoms with Gasteiger partial charge in [0, 0.05) is 27.2 Å². The van der Waals surface area contributed by atoms with Crippen molar-refractivity contribution in [2.75, 3.05) is 47.3 Å². The minimum Gasteiger partial charge on any atom is -0.396 e. The van der Waals surface area contributed by atoms with E-state index in [2.05, 4.69) is 0 Å². The van der Waals surface area contributed by atoms with Gasteiger partial charge in [0.05, 0.1) is 26.4 Å². The highest BCUT2D eigenvalue weighted by Gasteiger charge is 2.07. The zero-order valence-electron chi connectivity index (χ0n) is 8.90. The molecule has 0 saturated carbocycles. The molecule has 0 rings (SSSR count). The minimum atomic E-state index is -0.370. The fourth-order valence-electron chi connectivity index (χ4n) is 0.846. The molecule has 5 heteroatoms. The summed E-state index contributed by atoms with van der Waals surface area (Å²) in [6.07, 6.45) is 0.0956. The van der Waals surface area contributed by atoms with Crippen molar-refractivity contribution in [2.24, 2.45) is 0 Å². The van der Waals surface area contributed by atoms with E-state index in [0.717, 1.165) is 0 Å². The van der Waals surface area contributed by atoms with Crippen molar-refractivity contribution in [3.63, 3.8) is 0 Å². The van der Waals surface area contributed by atoms with Crippen LogP contribution in [0.25, 0.3) is 0 Å². The molecule has 0 aromatic rings. The van der Waals surface area contributed by atoms with E-state index < -0.39 is 0 Å². The number of aliphatic hydroxyl groups excluding tert-OH is 1. The van der Waals surface area contributed by atoms with Crippen LogP contribution in [-0.2, 0) is 18.9 Å². The Hall–Kier alpha value is -0.200. The third kappa shape index (κ3) is 8.40. The highest BCUT2D eigenvalue weighted by molar-refractivity contribution is 4.44. The molecule has 0 fully saturated rings. The van der Waals surface area contributed by atoms with E-state index in [1.807, 2.05) is 0 Å². The van der Waals surface area contributed by atoms with Crippen LogP contribution < -0.4 is 0 Å². The second-order valence-electron chi connectivity index (χ2n) is 2.67. The molecule has 0 unspecified atom stereocenters. The van der Waals surface area contributed by atoms with Crippen molar-refractivity contribution in [1.82, 2.24) is 0 Å². The van der Waals surface area contributed by atoms with Crippen molar-refractivity contribution >= 4 is 0 Å². The lowest BCUT2D eigenvalue weighted by molar-refractivity contribution is -0.161. The summed E-state index contributed by atoms with van der Waals surface area (Å²) in [4.78, 5) is 0. The van der Waals surface area contributed by atoms with Gasteiger partial charge in [0.1, 0.15) is 0 Å². The predicted molar refractivity (Wildman–Crippen MR) is 51.1 cm³/mol. The number of hydrogen-bond acceptors (Lipinski definition) is 5. The average Bonchev–Trinajstić information content (AvgIpc) is 2.18. The van der Waals surface area contributed by atoms with Crippen LogP contribution in [0.15, 0.2) is 0 Å². The number of ether oxygens (including phenoxy) is 4. The fraction of sp³-hybridized carbons (Fsp3) is 1.00. The van der Waals surface area contributed by atoms with Gasteiger partial charge in [-0.3, -0.25) is 0 Å². The monoisotopic (exact) mass is 208 g/mol. The van der Waals surface area contributed by atoms with E-state index in [9.17, 15) is 0 Å². The minimum absolute atomic E-state index is 0.0463. The Labute approximate surface area is 84.9 Å². The van der Waals surface area contributed by atoms with E-state index in [1.165, 1.54) is 0 Å². The van der Waals surface area contributed by atoms with Crippen molar-refractivity contribution < 1.29 is 24.1 Å². The van der Waals surface area contributed by atoms with Gasteiger partial charge in [0.25, 0.3) is 0 Å². The highest BCUT2D eigenvalue weighted by atomic mass is 16.7. The first kappa shape index (κ1) is 13.8. The summed E-state index contributed by atoms with van der Waals surface area (Å²) in [5.74, 6) is 0. The van der Waals surface area contributed by atoms with E-state index in [4.69, 9.17) is 24.1 Å².